The van der Waals surface area contributed by atoms with E-state index in [0.29, 0.717) is 36.1 Å². The van der Waals surface area contributed by atoms with Gasteiger partial charge in [0.2, 0.25) is 11.7 Å². The van der Waals surface area contributed by atoms with Crippen molar-refractivity contribution in [3.05, 3.63) is 47.5 Å². The lowest BCUT2D eigenvalue weighted by Gasteiger charge is -2.21. The van der Waals surface area contributed by atoms with Crippen molar-refractivity contribution in [2.24, 2.45) is 0 Å². The second-order valence-electron chi connectivity index (χ2n) is 6.94. The zero-order valence-electron chi connectivity index (χ0n) is 17.6. The van der Waals surface area contributed by atoms with Gasteiger partial charge in [0.25, 0.3) is 5.91 Å². The number of rotatable bonds is 7. The van der Waals surface area contributed by atoms with Crippen molar-refractivity contribution in [2.45, 2.75) is 6.92 Å². The molecule has 0 fully saturated rings. The Bertz CT molecular complexity index is 955. The molecule has 0 aromatic heterocycles. The number of aryl methyl sites for hydroxylation is 1. The maximum absolute atomic E-state index is 12.4. The van der Waals surface area contributed by atoms with E-state index in [1.807, 2.05) is 19.1 Å². The van der Waals surface area contributed by atoms with Gasteiger partial charge in [0.05, 0.1) is 19.2 Å². The Hall–Kier alpha value is -3.75. The molecule has 9 heteroatoms. The zero-order valence-corrected chi connectivity index (χ0v) is 17.6. The van der Waals surface area contributed by atoms with E-state index in [1.165, 1.54) is 31.2 Å². The van der Waals surface area contributed by atoms with E-state index in [0.717, 1.165) is 5.56 Å². The molecule has 0 atom stereocenters. The van der Waals surface area contributed by atoms with Gasteiger partial charge in [0.15, 0.2) is 18.1 Å². The van der Waals surface area contributed by atoms with Gasteiger partial charge in [0.1, 0.15) is 13.2 Å². The summed E-state index contributed by atoms with van der Waals surface area (Å²) in [7, 11) is 2.90. The van der Waals surface area contributed by atoms with Crippen LogP contribution in [0.25, 0.3) is 0 Å². The maximum atomic E-state index is 12.4. The standard InChI is InChI=1S/C22H24N2O7/c1-14-4-6-16(7-5-14)23-19(25)12-24(2)20(26)13-31-22(27)15-10-17(28-3)21-18(11-15)29-8-9-30-21/h4-7,10-11H,8-9,12-13H2,1-3H3,(H,23,25). The Morgan fingerprint density at radius 3 is 2.52 bits per heavy atom. The van der Waals surface area contributed by atoms with Crippen molar-refractivity contribution in [3.8, 4) is 17.2 Å². The summed E-state index contributed by atoms with van der Waals surface area (Å²) in [5, 5.41) is 2.71. The van der Waals surface area contributed by atoms with Crippen molar-refractivity contribution >= 4 is 23.5 Å². The summed E-state index contributed by atoms with van der Waals surface area (Å²) in [4.78, 5) is 38.0. The Kier molecular flexibility index (Phi) is 6.96. The molecule has 9 nitrogen and oxygen atoms in total. The number of carbonyl (C=O) groups excluding carboxylic acids is 3. The van der Waals surface area contributed by atoms with Crippen molar-refractivity contribution in [1.29, 1.82) is 0 Å². The van der Waals surface area contributed by atoms with Crippen LogP contribution >= 0.6 is 0 Å². The van der Waals surface area contributed by atoms with Crippen LogP contribution in [0.1, 0.15) is 15.9 Å². The van der Waals surface area contributed by atoms with E-state index in [9.17, 15) is 14.4 Å². The quantitative estimate of drug-likeness (QED) is 0.673. The topological polar surface area (TPSA) is 103 Å². The average molecular weight is 428 g/mol. The predicted molar refractivity (Wildman–Crippen MR) is 112 cm³/mol. The third-order valence-corrected chi connectivity index (χ3v) is 4.53. The highest BCUT2D eigenvalue weighted by Crippen LogP contribution is 2.40. The monoisotopic (exact) mass is 428 g/mol. The molecule has 1 aliphatic heterocycles. The van der Waals surface area contributed by atoms with E-state index in [-0.39, 0.29) is 18.0 Å². The molecule has 0 aliphatic carbocycles. The summed E-state index contributed by atoms with van der Waals surface area (Å²) in [6.45, 7) is 1.99. The minimum Gasteiger partial charge on any atom is -0.493 e. The first-order valence-electron chi connectivity index (χ1n) is 9.62. The normalized spacial score (nSPS) is 12.0. The second kappa shape index (κ2) is 9.84. The number of methoxy groups -OCH3 is 1. The molecule has 1 N–H and O–H groups in total. The molecule has 31 heavy (non-hydrogen) atoms. The van der Waals surface area contributed by atoms with Gasteiger partial charge in [0, 0.05) is 12.7 Å². The molecule has 1 aliphatic rings. The number of amides is 2. The van der Waals surface area contributed by atoms with Crippen LogP contribution in [0.2, 0.25) is 0 Å². The number of ether oxygens (including phenoxy) is 4. The molecule has 0 saturated carbocycles. The molecule has 0 bridgehead atoms. The first kappa shape index (κ1) is 21.9. The lowest BCUT2D eigenvalue weighted by atomic mass is 10.1. The number of anilines is 1. The molecular formula is C22H24N2O7. The summed E-state index contributed by atoms with van der Waals surface area (Å²) in [5.74, 6) is -0.476. The molecule has 0 spiro atoms. The van der Waals surface area contributed by atoms with E-state index in [1.54, 1.807) is 12.1 Å². The zero-order chi connectivity index (χ0) is 22.4. The molecule has 0 radical (unpaired) electrons. The minimum atomic E-state index is -0.721. The van der Waals surface area contributed by atoms with Crippen LogP contribution in [0.4, 0.5) is 5.69 Å². The number of benzene rings is 2. The van der Waals surface area contributed by atoms with Crippen LogP contribution in [0.5, 0.6) is 17.2 Å². The van der Waals surface area contributed by atoms with E-state index in [4.69, 9.17) is 18.9 Å². The molecule has 0 unspecified atom stereocenters. The Labute approximate surface area is 179 Å². The predicted octanol–water partition coefficient (Wildman–Crippen LogP) is 2.03. The number of nitrogens with zero attached hydrogens (tertiary/aromatic N) is 1. The fourth-order valence-corrected chi connectivity index (χ4v) is 2.85. The van der Waals surface area contributed by atoms with Gasteiger partial charge in [-0.25, -0.2) is 4.79 Å². The van der Waals surface area contributed by atoms with Crippen LogP contribution in [0.3, 0.4) is 0 Å². The lowest BCUT2D eigenvalue weighted by molar-refractivity contribution is -0.136. The third kappa shape index (κ3) is 5.65. The van der Waals surface area contributed by atoms with Crippen LogP contribution in [-0.4, -0.2) is 63.2 Å². The van der Waals surface area contributed by atoms with Crippen LogP contribution < -0.4 is 19.5 Å². The smallest absolute Gasteiger partial charge is 0.338 e. The molecule has 164 valence electrons. The number of nitrogens with one attached hydrogen (secondary N) is 1. The lowest BCUT2D eigenvalue weighted by Crippen LogP contribution is -2.37. The van der Waals surface area contributed by atoms with Crippen molar-refractivity contribution in [2.75, 3.05) is 45.8 Å². The van der Waals surface area contributed by atoms with Crippen molar-refractivity contribution < 1.29 is 33.3 Å². The van der Waals surface area contributed by atoms with E-state index in [2.05, 4.69) is 5.32 Å². The third-order valence-electron chi connectivity index (χ3n) is 4.53. The van der Waals surface area contributed by atoms with Gasteiger partial charge >= 0.3 is 5.97 Å². The summed E-state index contributed by atoms with van der Waals surface area (Å²) < 4.78 is 21.3. The average Bonchev–Trinajstić information content (AvgIpc) is 2.77. The number of fused-ring (bicyclic) bond motifs is 1. The molecule has 0 saturated heterocycles. The van der Waals surface area contributed by atoms with Crippen molar-refractivity contribution in [1.82, 2.24) is 4.90 Å². The van der Waals surface area contributed by atoms with E-state index >= 15 is 0 Å². The fourth-order valence-electron chi connectivity index (χ4n) is 2.85. The Balaban J connectivity index is 1.53. The number of esters is 1. The largest absolute Gasteiger partial charge is 0.493 e. The first-order chi connectivity index (χ1) is 14.9. The van der Waals surface area contributed by atoms with Gasteiger partial charge in [-0.05, 0) is 31.2 Å². The van der Waals surface area contributed by atoms with Crippen LogP contribution in [0.15, 0.2) is 36.4 Å². The molecule has 2 aromatic rings. The summed E-state index contributed by atoms with van der Waals surface area (Å²) in [6.07, 6.45) is 0. The fraction of sp³-hybridized carbons (Fsp3) is 0.318. The number of hydrogen-bond acceptors (Lipinski definition) is 7. The molecule has 3 rings (SSSR count). The SMILES string of the molecule is COc1cc(C(=O)OCC(=O)N(C)CC(=O)Nc2ccc(C)cc2)cc2c1OCCO2. The second-order valence-corrected chi connectivity index (χ2v) is 6.94. The number of hydrogen-bond donors (Lipinski definition) is 1. The van der Waals surface area contributed by atoms with Gasteiger partial charge < -0.3 is 29.2 Å². The molecule has 1 heterocycles. The number of carbonyl (C=O) groups is 3. The summed E-state index contributed by atoms with van der Waals surface area (Å²) in [5.41, 5.74) is 1.87. The molecule has 2 aromatic carbocycles. The van der Waals surface area contributed by atoms with Crippen LogP contribution in [0, 0.1) is 6.92 Å². The van der Waals surface area contributed by atoms with Gasteiger partial charge in [-0.15, -0.1) is 0 Å². The molecular weight excluding hydrogens is 404 g/mol. The van der Waals surface area contributed by atoms with Gasteiger partial charge in [-0.3, -0.25) is 9.59 Å². The molecule has 2 amide bonds. The van der Waals surface area contributed by atoms with Crippen molar-refractivity contribution in [3.63, 3.8) is 0 Å². The first-order valence-corrected chi connectivity index (χ1v) is 9.62. The maximum Gasteiger partial charge on any atom is 0.338 e. The Morgan fingerprint density at radius 2 is 1.81 bits per heavy atom. The van der Waals surface area contributed by atoms with Gasteiger partial charge in [-0.2, -0.15) is 0 Å². The van der Waals surface area contributed by atoms with Crippen LogP contribution in [-0.2, 0) is 14.3 Å². The summed E-state index contributed by atoms with van der Waals surface area (Å²) >= 11 is 0. The highest BCUT2D eigenvalue weighted by atomic mass is 16.6. The minimum absolute atomic E-state index is 0.161. The highest BCUT2D eigenvalue weighted by molar-refractivity contribution is 5.96. The number of likely N-dealkylation sites (N-methyl/N-ethyl adjacent to an activating group) is 1. The van der Waals surface area contributed by atoms with Gasteiger partial charge in [-0.1, -0.05) is 17.7 Å². The Morgan fingerprint density at radius 1 is 1.10 bits per heavy atom. The summed E-state index contributed by atoms with van der Waals surface area (Å²) in [6, 6.07) is 10.2. The van der Waals surface area contributed by atoms with E-state index < -0.39 is 18.5 Å². The highest BCUT2D eigenvalue weighted by Gasteiger charge is 2.22.